The minimum atomic E-state index is 0.231. The van der Waals surface area contributed by atoms with Crippen LogP contribution in [-0.4, -0.2) is 7.11 Å². The standard InChI is InChI=1S/C16H20N2O/c1-11-6-4-5-7-14(11)12(2)18-13-8-9-15(17)16(10-13)19-3/h4-10,12,18H,17H2,1-3H3. The molecule has 2 aromatic rings. The number of hydrogen-bond donors (Lipinski definition) is 2. The van der Waals surface area contributed by atoms with Crippen LogP contribution in [0.1, 0.15) is 24.1 Å². The molecule has 0 fully saturated rings. The van der Waals surface area contributed by atoms with Crippen molar-refractivity contribution in [1.82, 2.24) is 0 Å². The number of benzene rings is 2. The molecule has 1 atom stereocenters. The van der Waals surface area contributed by atoms with Gasteiger partial charge in [-0.2, -0.15) is 0 Å². The summed E-state index contributed by atoms with van der Waals surface area (Å²) in [7, 11) is 1.63. The van der Waals surface area contributed by atoms with Crippen molar-refractivity contribution >= 4 is 11.4 Å². The van der Waals surface area contributed by atoms with E-state index >= 15 is 0 Å². The fourth-order valence-corrected chi connectivity index (χ4v) is 2.20. The van der Waals surface area contributed by atoms with Crippen molar-refractivity contribution in [3.05, 3.63) is 53.6 Å². The highest BCUT2D eigenvalue weighted by molar-refractivity contribution is 5.61. The van der Waals surface area contributed by atoms with E-state index in [2.05, 4.69) is 43.4 Å². The molecule has 2 aromatic carbocycles. The van der Waals surface area contributed by atoms with Crippen LogP contribution in [0.3, 0.4) is 0 Å². The van der Waals surface area contributed by atoms with Crippen molar-refractivity contribution in [2.45, 2.75) is 19.9 Å². The van der Waals surface area contributed by atoms with E-state index in [4.69, 9.17) is 10.5 Å². The second-order valence-electron chi connectivity index (χ2n) is 4.68. The molecule has 100 valence electrons. The van der Waals surface area contributed by atoms with Crippen molar-refractivity contribution in [3.8, 4) is 5.75 Å². The van der Waals surface area contributed by atoms with E-state index in [-0.39, 0.29) is 6.04 Å². The summed E-state index contributed by atoms with van der Waals surface area (Å²) in [5.41, 5.74) is 10.0. The molecule has 0 saturated carbocycles. The first kappa shape index (κ1) is 13.3. The number of ether oxygens (including phenoxy) is 1. The molecule has 0 heterocycles. The predicted octanol–water partition coefficient (Wildman–Crippen LogP) is 3.76. The number of nitrogens with two attached hydrogens (primary N) is 1. The Balaban J connectivity index is 2.19. The number of aryl methyl sites for hydroxylation is 1. The van der Waals surface area contributed by atoms with E-state index in [1.54, 1.807) is 7.11 Å². The normalized spacial score (nSPS) is 11.9. The average Bonchev–Trinajstić information content (AvgIpc) is 2.41. The van der Waals surface area contributed by atoms with Crippen molar-refractivity contribution < 1.29 is 4.74 Å². The molecule has 3 N–H and O–H groups in total. The van der Waals surface area contributed by atoms with Crippen LogP contribution >= 0.6 is 0 Å². The summed E-state index contributed by atoms with van der Waals surface area (Å²) in [5.74, 6) is 0.696. The Morgan fingerprint density at radius 3 is 2.58 bits per heavy atom. The average molecular weight is 256 g/mol. The third-order valence-corrected chi connectivity index (χ3v) is 3.27. The molecule has 0 spiro atoms. The van der Waals surface area contributed by atoms with Gasteiger partial charge in [-0.25, -0.2) is 0 Å². The SMILES string of the molecule is COc1cc(NC(C)c2ccccc2C)ccc1N. The molecule has 0 aliphatic rings. The fraction of sp³-hybridized carbons (Fsp3) is 0.250. The smallest absolute Gasteiger partial charge is 0.143 e. The summed E-state index contributed by atoms with van der Waals surface area (Å²) < 4.78 is 5.23. The summed E-state index contributed by atoms with van der Waals surface area (Å²) in [4.78, 5) is 0. The van der Waals surface area contributed by atoms with Crippen LogP contribution in [-0.2, 0) is 0 Å². The number of nitrogens with one attached hydrogen (secondary N) is 1. The lowest BCUT2D eigenvalue weighted by atomic mass is 10.0. The Labute approximate surface area is 114 Å². The lowest BCUT2D eigenvalue weighted by molar-refractivity contribution is 0.417. The van der Waals surface area contributed by atoms with Crippen LogP contribution in [0.5, 0.6) is 5.75 Å². The highest BCUT2D eigenvalue weighted by atomic mass is 16.5. The largest absolute Gasteiger partial charge is 0.495 e. The van der Waals surface area contributed by atoms with Gasteiger partial charge < -0.3 is 15.8 Å². The summed E-state index contributed by atoms with van der Waals surface area (Å²) in [5, 5.41) is 3.47. The lowest BCUT2D eigenvalue weighted by Gasteiger charge is -2.18. The number of nitrogen functional groups attached to an aromatic ring is 1. The van der Waals surface area contributed by atoms with Gasteiger partial charge in [0.1, 0.15) is 5.75 Å². The van der Waals surface area contributed by atoms with Gasteiger partial charge in [0, 0.05) is 17.8 Å². The Hall–Kier alpha value is -2.16. The topological polar surface area (TPSA) is 47.3 Å². The van der Waals surface area contributed by atoms with Gasteiger partial charge in [0.05, 0.1) is 12.8 Å². The van der Waals surface area contributed by atoms with Gasteiger partial charge in [0.15, 0.2) is 0 Å². The van der Waals surface area contributed by atoms with Crippen LogP contribution < -0.4 is 15.8 Å². The fourth-order valence-electron chi connectivity index (χ4n) is 2.20. The molecular weight excluding hydrogens is 236 g/mol. The highest BCUT2D eigenvalue weighted by Gasteiger charge is 2.08. The summed E-state index contributed by atoms with van der Waals surface area (Å²) in [6, 6.07) is 14.3. The first-order valence-corrected chi connectivity index (χ1v) is 6.37. The number of methoxy groups -OCH3 is 1. The van der Waals surface area contributed by atoms with Gasteiger partial charge in [-0.3, -0.25) is 0 Å². The molecule has 2 rings (SSSR count). The van der Waals surface area contributed by atoms with Crippen LogP contribution in [0.15, 0.2) is 42.5 Å². The van der Waals surface area contributed by atoms with E-state index in [9.17, 15) is 0 Å². The molecule has 3 heteroatoms. The van der Waals surface area contributed by atoms with Crippen molar-refractivity contribution in [1.29, 1.82) is 0 Å². The summed E-state index contributed by atoms with van der Waals surface area (Å²) >= 11 is 0. The van der Waals surface area contributed by atoms with E-state index in [1.165, 1.54) is 11.1 Å². The Morgan fingerprint density at radius 2 is 1.89 bits per heavy atom. The van der Waals surface area contributed by atoms with Gasteiger partial charge >= 0.3 is 0 Å². The minimum absolute atomic E-state index is 0.231. The van der Waals surface area contributed by atoms with E-state index in [1.807, 2.05) is 18.2 Å². The third-order valence-electron chi connectivity index (χ3n) is 3.27. The molecule has 0 amide bonds. The number of anilines is 2. The van der Waals surface area contributed by atoms with E-state index < -0.39 is 0 Å². The summed E-state index contributed by atoms with van der Waals surface area (Å²) in [6.45, 7) is 4.27. The molecule has 3 nitrogen and oxygen atoms in total. The van der Waals surface area contributed by atoms with Gasteiger partial charge in [-0.15, -0.1) is 0 Å². The molecular formula is C16H20N2O. The van der Waals surface area contributed by atoms with Gasteiger partial charge in [-0.05, 0) is 37.1 Å². The first-order valence-electron chi connectivity index (χ1n) is 6.37. The van der Waals surface area contributed by atoms with Crippen molar-refractivity contribution in [2.75, 3.05) is 18.2 Å². The Kier molecular flexibility index (Phi) is 3.95. The number of rotatable bonds is 4. The molecule has 1 unspecified atom stereocenters. The molecule has 0 aliphatic carbocycles. The third kappa shape index (κ3) is 2.99. The molecule has 0 aliphatic heterocycles. The Morgan fingerprint density at radius 1 is 1.16 bits per heavy atom. The second-order valence-corrected chi connectivity index (χ2v) is 4.68. The van der Waals surface area contributed by atoms with Crippen LogP contribution in [0, 0.1) is 6.92 Å². The number of hydrogen-bond acceptors (Lipinski definition) is 3. The van der Waals surface area contributed by atoms with E-state index in [0.29, 0.717) is 11.4 Å². The molecule has 0 aromatic heterocycles. The molecule has 0 saturated heterocycles. The maximum absolute atomic E-state index is 5.81. The van der Waals surface area contributed by atoms with Gasteiger partial charge in [-0.1, -0.05) is 24.3 Å². The molecule has 0 radical (unpaired) electrons. The quantitative estimate of drug-likeness (QED) is 0.819. The molecule has 19 heavy (non-hydrogen) atoms. The van der Waals surface area contributed by atoms with Crippen LogP contribution in [0.25, 0.3) is 0 Å². The predicted molar refractivity (Wildman–Crippen MR) is 80.6 cm³/mol. The van der Waals surface area contributed by atoms with Crippen molar-refractivity contribution in [3.63, 3.8) is 0 Å². The van der Waals surface area contributed by atoms with Crippen LogP contribution in [0.2, 0.25) is 0 Å². The first-order chi connectivity index (χ1) is 9.11. The van der Waals surface area contributed by atoms with Gasteiger partial charge in [0.2, 0.25) is 0 Å². The minimum Gasteiger partial charge on any atom is -0.495 e. The highest BCUT2D eigenvalue weighted by Crippen LogP contribution is 2.28. The summed E-state index contributed by atoms with van der Waals surface area (Å²) in [6.07, 6.45) is 0. The zero-order valence-electron chi connectivity index (χ0n) is 11.6. The van der Waals surface area contributed by atoms with E-state index in [0.717, 1.165) is 5.69 Å². The maximum atomic E-state index is 5.81. The van der Waals surface area contributed by atoms with Crippen LogP contribution in [0.4, 0.5) is 11.4 Å². The lowest BCUT2D eigenvalue weighted by Crippen LogP contribution is -2.08. The van der Waals surface area contributed by atoms with Gasteiger partial charge in [0.25, 0.3) is 0 Å². The monoisotopic (exact) mass is 256 g/mol. The van der Waals surface area contributed by atoms with Crippen molar-refractivity contribution in [2.24, 2.45) is 0 Å². The second kappa shape index (κ2) is 5.65. The zero-order valence-corrected chi connectivity index (χ0v) is 11.6. The molecule has 0 bridgehead atoms. The zero-order chi connectivity index (χ0) is 13.8. The Bertz CT molecular complexity index is 566. The maximum Gasteiger partial charge on any atom is 0.143 e.